The van der Waals surface area contributed by atoms with E-state index in [1.807, 2.05) is 12.1 Å². The second-order valence-electron chi connectivity index (χ2n) is 6.42. The molecule has 3 heteroatoms. The molecule has 0 aliphatic heterocycles. The van der Waals surface area contributed by atoms with Crippen LogP contribution < -0.4 is 4.74 Å². The zero-order chi connectivity index (χ0) is 15.2. The Bertz CT molecular complexity index is 429. The molecule has 3 nitrogen and oxygen atoms in total. The Balaban J connectivity index is 1.88. The lowest BCUT2D eigenvalue weighted by atomic mass is 9.99. The van der Waals surface area contributed by atoms with E-state index in [1.54, 1.807) is 7.11 Å². The minimum Gasteiger partial charge on any atom is -0.496 e. The second-order valence-corrected chi connectivity index (χ2v) is 6.42. The van der Waals surface area contributed by atoms with Crippen molar-refractivity contribution >= 4 is 0 Å². The molecule has 1 aromatic rings. The lowest BCUT2D eigenvalue weighted by Gasteiger charge is -2.29. The maximum atomic E-state index is 10.4. The van der Waals surface area contributed by atoms with Crippen LogP contribution in [0.4, 0.5) is 0 Å². The highest BCUT2D eigenvalue weighted by atomic mass is 16.5. The molecule has 2 atom stereocenters. The highest BCUT2D eigenvalue weighted by Gasteiger charge is 2.25. The first-order valence-electron chi connectivity index (χ1n) is 8.12. The monoisotopic (exact) mass is 291 g/mol. The van der Waals surface area contributed by atoms with Crippen LogP contribution in [0.3, 0.4) is 0 Å². The number of aliphatic hydroxyl groups is 1. The molecule has 0 aromatic heterocycles. The summed E-state index contributed by atoms with van der Waals surface area (Å²) in [6, 6.07) is 8.57. The van der Waals surface area contributed by atoms with E-state index in [1.165, 1.54) is 31.2 Å². The molecule has 2 rings (SSSR count). The lowest BCUT2D eigenvalue weighted by molar-refractivity contribution is 0.0626. The predicted molar refractivity (Wildman–Crippen MR) is 86.8 cm³/mol. The van der Waals surface area contributed by atoms with Gasteiger partial charge >= 0.3 is 0 Å². The minimum absolute atomic E-state index is 0.183. The molecule has 1 aromatic carbocycles. The smallest absolute Gasteiger partial charge is 0.122 e. The fourth-order valence-electron chi connectivity index (χ4n) is 3.31. The summed E-state index contributed by atoms with van der Waals surface area (Å²) in [6.45, 7) is 2.98. The third-order valence-corrected chi connectivity index (χ3v) is 4.88. The zero-order valence-electron chi connectivity index (χ0n) is 13.6. The van der Waals surface area contributed by atoms with Crippen LogP contribution in [-0.4, -0.2) is 42.9 Å². The van der Waals surface area contributed by atoms with Gasteiger partial charge in [0.05, 0.1) is 13.2 Å². The maximum absolute atomic E-state index is 10.4. The van der Waals surface area contributed by atoms with Gasteiger partial charge < -0.3 is 14.7 Å². The summed E-state index contributed by atoms with van der Waals surface area (Å²) in [7, 11) is 3.83. The maximum Gasteiger partial charge on any atom is 0.122 e. The first-order valence-corrected chi connectivity index (χ1v) is 8.12. The van der Waals surface area contributed by atoms with Crippen LogP contribution in [-0.2, 0) is 6.42 Å². The fraction of sp³-hybridized carbons (Fsp3) is 0.667. The van der Waals surface area contributed by atoms with Crippen molar-refractivity contribution in [2.45, 2.75) is 51.2 Å². The quantitative estimate of drug-likeness (QED) is 0.838. The van der Waals surface area contributed by atoms with Gasteiger partial charge in [0.25, 0.3) is 0 Å². The summed E-state index contributed by atoms with van der Waals surface area (Å²) in [5, 5.41) is 10.4. The van der Waals surface area contributed by atoms with Crippen molar-refractivity contribution < 1.29 is 9.84 Å². The van der Waals surface area contributed by atoms with Crippen molar-refractivity contribution in [1.82, 2.24) is 4.90 Å². The topological polar surface area (TPSA) is 32.7 Å². The molecule has 0 bridgehead atoms. The average Bonchev–Trinajstić information content (AvgIpc) is 3.02. The molecular weight excluding hydrogens is 262 g/mol. The van der Waals surface area contributed by atoms with Crippen LogP contribution in [0.25, 0.3) is 0 Å². The van der Waals surface area contributed by atoms with Crippen LogP contribution in [0.1, 0.15) is 38.2 Å². The summed E-state index contributed by atoms with van der Waals surface area (Å²) < 4.78 is 5.42. The van der Waals surface area contributed by atoms with Crippen molar-refractivity contribution in [2.24, 2.45) is 5.92 Å². The van der Waals surface area contributed by atoms with Gasteiger partial charge in [-0.25, -0.2) is 0 Å². The van der Waals surface area contributed by atoms with Crippen molar-refractivity contribution in [1.29, 1.82) is 0 Å². The number of hydrogen-bond donors (Lipinski definition) is 1. The van der Waals surface area contributed by atoms with E-state index >= 15 is 0 Å². The van der Waals surface area contributed by atoms with Gasteiger partial charge in [0.2, 0.25) is 0 Å². The number of hydrogen-bond acceptors (Lipinski definition) is 3. The van der Waals surface area contributed by atoms with Gasteiger partial charge in [-0.2, -0.15) is 0 Å². The summed E-state index contributed by atoms with van der Waals surface area (Å²) >= 11 is 0. The van der Waals surface area contributed by atoms with Crippen LogP contribution in [0, 0.1) is 5.92 Å². The van der Waals surface area contributed by atoms with E-state index in [2.05, 4.69) is 31.0 Å². The van der Waals surface area contributed by atoms with Gasteiger partial charge in [0.15, 0.2) is 0 Å². The molecule has 2 unspecified atom stereocenters. The molecule has 0 heterocycles. The van der Waals surface area contributed by atoms with E-state index in [9.17, 15) is 5.11 Å². The van der Waals surface area contributed by atoms with Gasteiger partial charge in [0.1, 0.15) is 5.75 Å². The van der Waals surface area contributed by atoms with Crippen molar-refractivity contribution in [3.8, 4) is 5.75 Å². The first-order chi connectivity index (χ1) is 10.1. The standard InChI is InChI=1S/C18H29NO2/c1-14(12-16-10-6-7-11-18(16)21-3)19(2)13-17(20)15-8-4-5-9-15/h6-7,10-11,14-15,17,20H,4-5,8-9,12-13H2,1-3H3. The molecule has 1 N–H and O–H groups in total. The van der Waals surface area contributed by atoms with Gasteiger partial charge in [-0.1, -0.05) is 31.0 Å². The molecule has 0 spiro atoms. The van der Waals surface area contributed by atoms with Crippen molar-refractivity contribution in [3.63, 3.8) is 0 Å². The van der Waals surface area contributed by atoms with E-state index in [-0.39, 0.29) is 6.10 Å². The summed E-state index contributed by atoms with van der Waals surface area (Å²) in [4.78, 5) is 2.27. The Hall–Kier alpha value is -1.06. The fourth-order valence-corrected chi connectivity index (χ4v) is 3.31. The SMILES string of the molecule is COc1ccccc1CC(C)N(C)CC(O)C1CCCC1. The van der Waals surface area contributed by atoms with E-state index < -0.39 is 0 Å². The molecular formula is C18H29NO2. The Kier molecular flexibility index (Phi) is 6.07. The molecule has 0 radical (unpaired) electrons. The summed E-state index contributed by atoms with van der Waals surface area (Å²) in [5.74, 6) is 1.46. The Morgan fingerprint density at radius 2 is 1.95 bits per heavy atom. The van der Waals surface area contributed by atoms with E-state index in [0.29, 0.717) is 12.0 Å². The number of methoxy groups -OCH3 is 1. The number of likely N-dealkylation sites (N-methyl/N-ethyl adjacent to an activating group) is 1. The third kappa shape index (κ3) is 4.45. The second kappa shape index (κ2) is 7.81. The number of rotatable bonds is 7. The average molecular weight is 291 g/mol. The number of benzene rings is 1. The van der Waals surface area contributed by atoms with E-state index in [4.69, 9.17) is 4.74 Å². The van der Waals surface area contributed by atoms with Crippen LogP contribution in [0.2, 0.25) is 0 Å². The number of para-hydroxylation sites is 1. The van der Waals surface area contributed by atoms with Crippen LogP contribution in [0.15, 0.2) is 24.3 Å². The third-order valence-electron chi connectivity index (χ3n) is 4.88. The molecule has 1 aliphatic rings. The Morgan fingerprint density at radius 1 is 1.29 bits per heavy atom. The molecule has 0 amide bonds. The first kappa shape index (κ1) is 16.3. The molecule has 21 heavy (non-hydrogen) atoms. The molecule has 1 saturated carbocycles. The Morgan fingerprint density at radius 3 is 2.62 bits per heavy atom. The number of ether oxygens (including phenoxy) is 1. The van der Waals surface area contributed by atoms with Crippen LogP contribution in [0.5, 0.6) is 5.75 Å². The summed E-state index contributed by atoms with van der Waals surface area (Å²) in [5.41, 5.74) is 1.23. The minimum atomic E-state index is -0.183. The van der Waals surface area contributed by atoms with Gasteiger partial charge in [0, 0.05) is 12.6 Å². The zero-order valence-corrected chi connectivity index (χ0v) is 13.6. The molecule has 0 saturated heterocycles. The van der Waals surface area contributed by atoms with Crippen LogP contribution >= 0.6 is 0 Å². The van der Waals surface area contributed by atoms with Crippen molar-refractivity contribution in [2.75, 3.05) is 20.7 Å². The number of nitrogens with zero attached hydrogens (tertiary/aromatic N) is 1. The van der Waals surface area contributed by atoms with Gasteiger partial charge in [-0.15, -0.1) is 0 Å². The van der Waals surface area contributed by atoms with E-state index in [0.717, 1.165) is 18.7 Å². The highest BCUT2D eigenvalue weighted by molar-refractivity contribution is 5.33. The normalized spacial score (nSPS) is 18.9. The predicted octanol–water partition coefficient (Wildman–Crippen LogP) is 3.11. The lowest BCUT2D eigenvalue weighted by Crippen LogP contribution is -2.39. The highest BCUT2D eigenvalue weighted by Crippen LogP contribution is 2.28. The largest absolute Gasteiger partial charge is 0.496 e. The Labute approximate surface area is 128 Å². The number of aliphatic hydroxyl groups excluding tert-OH is 1. The molecule has 118 valence electrons. The van der Waals surface area contributed by atoms with Gasteiger partial charge in [-0.05, 0) is 50.8 Å². The molecule has 1 fully saturated rings. The van der Waals surface area contributed by atoms with Gasteiger partial charge in [-0.3, -0.25) is 0 Å². The summed E-state index contributed by atoms with van der Waals surface area (Å²) in [6.07, 6.45) is 5.70. The van der Waals surface area contributed by atoms with Crippen molar-refractivity contribution in [3.05, 3.63) is 29.8 Å². The molecule has 1 aliphatic carbocycles.